The molecule has 2 heterocycles. The predicted octanol–water partition coefficient (Wildman–Crippen LogP) is 1.09. The van der Waals surface area contributed by atoms with Gasteiger partial charge in [0.05, 0.1) is 0 Å². The second-order valence-electron chi connectivity index (χ2n) is 7.74. The van der Waals surface area contributed by atoms with Gasteiger partial charge in [0.2, 0.25) is 0 Å². The summed E-state index contributed by atoms with van der Waals surface area (Å²) in [5, 5.41) is 7.57. The highest BCUT2D eigenvalue weighted by molar-refractivity contribution is 5.80. The van der Waals surface area contributed by atoms with Crippen molar-refractivity contribution in [3.8, 4) is 0 Å². The maximum atomic E-state index is 4.79. The molecule has 2 saturated carbocycles. The van der Waals surface area contributed by atoms with E-state index in [-0.39, 0.29) is 0 Å². The number of nitrogens with one attached hydrogen (secondary N) is 1. The number of aliphatic imine (C=N–C) groups is 1. The molecule has 7 heteroatoms. The highest BCUT2D eigenvalue weighted by Gasteiger charge is 2.42. The Hall–Kier alpha value is -1.63. The SMILES string of the molecule is CCNC(=NCc1ncnn1C)N1CCN(C2CC3CCC2C3)CC1. The van der Waals surface area contributed by atoms with E-state index in [1.54, 1.807) is 11.0 Å². The molecule has 0 aromatic carbocycles. The molecular weight excluding hydrogens is 314 g/mol. The molecule has 2 aliphatic carbocycles. The summed E-state index contributed by atoms with van der Waals surface area (Å²) in [7, 11) is 1.92. The molecular formula is C18H31N7. The zero-order valence-electron chi connectivity index (χ0n) is 15.6. The largest absolute Gasteiger partial charge is 0.357 e. The number of fused-ring (bicyclic) bond motifs is 2. The Labute approximate surface area is 150 Å². The van der Waals surface area contributed by atoms with Crippen LogP contribution in [0.15, 0.2) is 11.3 Å². The van der Waals surface area contributed by atoms with Crippen LogP contribution in [-0.4, -0.2) is 69.3 Å². The van der Waals surface area contributed by atoms with Crippen LogP contribution in [-0.2, 0) is 13.6 Å². The number of rotatable bonds is 4. The van der Waals surface area contributed by atoms with Crippen molar-refractivity contribution >= 4 is 5.96 Å². The van der Waals surface area contributed by atoms with Gasteiger partial charge in [-0.15, -0.1) is 0 Å². The monoisotopic (exact) mass is 345 g/mol. The van der Waals surface area contributed by atoms with Gasteiger partial charge in [-0.3, -0.25) is 9.58 Å². The number of guanidine groups is 1. The minimum atomic E-state index is 0.575. The smallest absolute Gasteiger partial charge is 0.194 e. The van der Waals surface area contributed by atoms with Gasteiger partial charge in [-0.2, -0.15) is 5.10 Å². The lowest BCUT2D eigenvalue weighted by atomic mass is 9.93. The summed E-state index contributed by atoms with van der Waals surface area (Å²) in [6, 6.07) is 0.860. The van der Waals surface area contributed by atoms with Crippen molar-refractivity contribution < 1.29 is 0 Å². The number of aryl methyl sites for hydroxylation is 1. The highest BCUT2D eigenvalue weighted by atomic mass is 15.4. The molecule has 3 unspecified atom stereocenters. The van der Waals surface area contributed by atoms with Gasteiger partial charge in [-0.05, 0) is 38.0 Å². The van der Waals surface area contributed by atoms with E-state index in [4.69, 9.17) is 4.99 Å². The molecule has 0 amide bonds. The van der Waals surface area contributed by atoms with Gasteiger partial charge in [-0.25, -0.2) is 9.98 Å². The van der Waals surface area contributed by atoms with Crippen LogP contribution in [0.5, 0.6) is 0 Å². The number of aromatic nitrogens is 3. The van der Waals surface area contributed by atoms with Crippen LogP contribution in [0.4, 0.5) is 0 Å². The lowest BCUT2D eigenvalue weighted by molar-refractivity contribution is 0.0958. The van der Waals surface area contributed by atoms with Crippen LogP contribution in [0.1, 0.15) is 38.4 Å². The maximum Gasteiger partial charge on any atom is 0.194 e. The molecule has 7 nitrogen and oxygen atoms in total. The normalized spacial score (nSPS) is 30.2. The summed E-state index contributed by atoms with van der Waals surface area (Å²) in [4.78, 5) is 14.2. The first kappa shape index (κ1) is 16.8. The molecule has 1 N–H and O–H groups in total. The van der Waals surface area contributed by atoms with Crippen LogP contribution in [0, 0.1) is 11.8 Å². The van der Waals surface area contributed by atoms with Crippen molar-refractivity contribution in [2.24, 2.45) is 23.9 Å². The summed E-state index contributed by atoms with van der Waals surface area (Å²) in [5.74, 6) is 3.92. The quantitative estimate of drug-likeness (QED) is 0.654. The van der Waals surface area contributed by atoms with E-state index >= 15 is 0 Å². The lowest BCUT2D eigenvalue weighted by Gasteiger charge is -2.42. The molecule has 0 spiro atoms. The lowest BCUT2D eigenvalue weighted by Crippen LogP contribution is -2.55. The Balaban J connectivity index is 1.34. The maximum absolute atomic E-state index is 4.79. The van der Waals surface area contributed by atoms with E-state index in [2.05, 4.69) is 32.1 Å². The van der Waals surface area contributed by atoms with E-state index in [0.29, 0.717) is 6.54 Å². The van der Waals surface area contributed by atoms with Crippen LogP contribution >= 0.6 is 0 Å². The highest BCUT2D eigenvalue weighted by Crippen LogP contribution is 2.46. The van der Waals surface area contributed by atoms with Gasteiger partial charge in [0.1, 0.15) is 18.7 Å². The number of piperazine rings is 1. The molecule has 1 aromatic heterocycles. The first-order valence-electron chi connectivity index (χ1n) is 9.84. The molecule has 0 radical (unpaired) electrons. The van der Waals surface area contributed by atoms with Crippen molar-refractivity contribution in [1.82, 2.24) is 29.9 Å². The summed E-state index contributed by atoms with van der Waals surface area (Å²) < 4.78 is 1.79. The van der Waals surface area contributed by atoms with Crippen molar-refractivity contribution in [2.45, 2.75) is 45.2 Å². The third-order valence-electron chi connectivity index (χ3n) is 6.29. The molecule has 25 heavy (non-hydrogen) atoms. The zero-order valence-corrected chi connectivity index (χ0v) is 15.6. The molecule has 3 atom stereocenters. The van der Waals surface area contributed by atoms with Gasteiger partial charge >= 0.3 is 0 Å². The first-order chi connectivity index (χ1) is 12.2. The second kappa shape index (κ2) is 7.32. The second-order valence-corrected chi connectivity index (χ2v) is 7.74. The molecule has 3 fully saturated rings. The van der Waals surface area contributed by atoms with Gasteiger partial charge in [-0.1, -0.05) is 6.42 Å². The molecule has 1 saturated heterocycles. The van der Waals surface area contributed by atoms with E-state index in [0.717, 1.165) is 49.3 Å². The molecule has 1 aliphatic heterocycles. The van der Waals surface area contributed by atoms with Crippen LogP contribution in [0.25, 0.3) is 0 Å². The Morgan fingerprint density at radius 3 is 2.68 bits per heavy atom. The van der Waals surface area contributed by atoms with Crippen LogP contribution in [0.2, 0.25) is 0 Å². The number of hydrogen-bond donors (Lipinski definition) is 1. The minimum absolute atomic E-state index is 0.575. The average Bonchev–Trinajstić information content (AvgIpc) is 3.36. The summed E-state index contributed by atoms with van der Waals surface area (Å²) in [6.07, 6.45) is 7.49. The summed E-state index contributed by atoms with van der Waals surface area (Å²) >= 11 is 0. The Kier molecular flexibility index (Phi) is 4.92. The van der Waals surface area contributed by atoms with Crippen LogP contribution < -0.4 is 5.32 Å². The molecule has 3 aliphatic rings. The van der Waals surface area contributed by atoms with Gasteiger partial charge in [0.25, 0.3) is 0 Å². The van der Waals surface area contributed by atoms with Crippen molar-refractivity contribution in [3.63, 3.8) is 0 Å². The summed E-state index contributed by atoms with van der Waals surface area (Å²) in [5.41, 5.74) is 0. The minimum Gasteiger partial charge on any atom is -0.357 e. The fourth-order valence-electron chi connectivity index (χ4n) is 4.96. The Morgan fingerprint density at radius 1 is 1.24 bits per heavy atom. The predicted molar refractivity (Wildman–Crippen MR) is 98.2 cm³/mol. The number of hydrogen-bond acceptors (Lipinski definition) is 4. The Bertz CT molecular complexity index is 602. The van der Waals surface area contributed by atoms with E-state index < -0.39 is 0 Å². The fraction of sp³-hybridized carbons (Fsp3) is 0.833. The van der Waals surface area contributed by atoms with Crippen LogP contribution in [0.3, 0.4) is 0 Å². The number of nitrogens with zero attached hydrogens (tertiary/aromatic N) is 6. The van der Waals surface area contributed by atoms with Crippen molar-refractivity contribution in [3.05, 3.63) is 12.2 Å². The standard InChI is InChI=1S/C18H31N7/c1-3-19-18(20-12-17-21-13-22-23(17)2)25-8-6-24(7-9-25)16-11-14-4-5-15(16)10-14/h13-16H,3-12H2,1-2H3,(H,19,20). The van der Waals surface area contributed by atoms with Crippen molar-refractivity contribution in [1.29, 1.82) is 0 Å². The molecule has 138 valence electrons. The van der Waals surface area contributed by atoms with Crippen molar-refractivity contribution in [2.75, 3.05) is 32.7 Å². The van der Waals surface area contributed by atoms with E-state index in [1.807, 2.05) is 7.05 Å². The zero-order chi connectivity index (χ0) is 17.2. The van der Waals surface area contributed by atoms with Gasteiger partial charge < -0.3 is 10.2 Å². The average molecular weight is 345 g/mol. The van der Waals surface area contributed by atoms with E-state index in [9.17, 15) is 0 Å². The van der Waals surface area contributed by atoms with Gasteiger partial charge in [0.15, 0.2) is 5.96 Å². The van der Waals surface area contributed by atoms with Gasteiger partial charge in [0, 0.05) is 45.8 Å². The molecule has 2 bridgehead atoms. The topological polar surface area (TPSA) is 61.6 Å². The fourth-order valence-corrected chi connectivity index (χ4v) is 4.96. The first-order valence-corrected chi connectivity index (χ1v) is 9.84. The van der Waals surface area contributed by atoms with E-state index in [1.165, 1.54) is 38.8 Å². The summed E-state index contributed by atoms with van der Waals surface area (Å²) in [6.45, 7) is 8.07. The Morgan fingerprint density at radius 2 is 2.08 bits per heavy atom. The third kappa shape index (κ3) is 3.52. The molecule has 4 rings (SSSR count). The third-order valence-corrected chi connectivity index (χ3v) is 6.29. The molecule has 1 aromatic rings.